The molecule has 0 N–H and O–H groups in total. The predicted octanol–water partition coefficient (Wildman–Crippen LogP) is 4.38. The first-order valence-corrected chi connectivity index (χ1v) is 10.5. The van der Waals surface area contributed by atoms with Crippen molar-refractivity contribution in [3.05, 3.63) is 65.0 Å². The molecular formula is C25H24F4N2O3. The summed E-state index contributed by atoms with van der Waals surface area (Å²) in [6.07, 6.45) is 0.799. The number of halogens is 4. The minimum atomic E-state index is -4.49. The van der Waals surface area contributed by atoms with Crippen molar-refractivity contribution >= 4 is 17.5 Å². The molecule has 9 heteroatoms. The Hall–Kier alpha value is -3.38. The molecule has 1 fully saturated rings. The van der Waals surface area contributed by atoms with Crippen molar-refractivity contribution in [3.8, 4) is 12.3 Å². The van der Waals surface area contributed by atoms with E-state index in [4.69, 9.17) is 11.2 Å². The van der Waals surface area contributed by atoms with Gasteiger partial charge in [-0.15, -0.1) is 6.42 Å². The van der Waals surface area contributed by atoms with Gasteiger partial charge in [-0.05, 0) is 56.7 Å². The van der Waals surface area contributed by atoms with Gasteiger partial charge in [-0.1, -0.05) is 18.1 Å². The Balaban J connectivity index is 1.91. The zero-order valence-corrected chi connectivity index (χ0v) is 18.9. The summed E-state index contributed by atoms with van der Waals surface area (Å²) in [6.45, 7) is 4.62. The molecule has 1 heterocycles. The smallest absolute Gasteiger partial charge is 0.373 e. The van der Waals surface area contributed by atoms with Crippen molar-refractivity contribution in [2.75, 3.05) is 18.1 Å². The molecule has 0 aliphatic carbocycles. The molecule has 0 bridgehead atoms. The maximum absolute atomic E-state index is 14.7. The number of ether oxygens (including phenoxy) is 1. The third-order valence-electron chi connectivity index (χ3n) is 5.25. The Morgan fingerprint density at radius 1 is 1.09 bits per heavy atom. The van der Waals surface area contributed by atoms with Gasteiger partial charge in [0.25, 0.3) is 5.91 Å². The normalized spacial score (nSPS) is 17.2. The molecule has 0 aromatic heterocycles. The number of carbonyl (C=O) groups is 2. The molecule has 2 amide bonds. The largest absolute Gasteiger partial charge is 0.416 e. The molecule has 2 aromatic carbocycles. The SMILES string of the molecule is C#Cc1ccc(N2CC(=O)N(Cc3ccc(C(F)(F)F)cc3)C(COC(C)(C)C)C2=O)c(F)c1. The average molecular weight is 476 g/mol. The van der Waals surface area contributed by atoms with Gasteiger partial charge in [0.2, 0.25) is 5.91 Å². The fourth-order valence-corrected chi connectivity index (χ4v) is 3.49. The van der Waals surface area contributed by atoms with E-state index in [1.54, 1.807) is 20.8 Å². The van der Waals surface area contributed by atoms with Gasteiger partial charge in [0.15, 0.2) is 0 Å². The molecule has 0 radical (unpaired) electrons. The molecule has 3 rings (SSSR count). The topological polar surface area (TPSA) is 49.9 Å². The Morgan fingerprint density at radius 3 is 2.26 bits per heavy atom. The number of rotatable bonds is 5. The van der Waals surface area contributed by atoms with E-state index in [0.717, 1.165) is 23.1 Å². The first-order chi connectivity index (χ1) is 15.8. The Labute approximate surface area is 195 Å². The van der Waals surface area contributed by atoms with E-state index >= 15 is 0 Å². The van der Waals surface area contributed by atoms with Crippen LogP contribution in [0.3, 0.4) is 0 Å². The number of alkyl halides is 3. The molecule has 34 heavy (non-hydrogen) atoms. The minimum absolute atomic E-state index is 0.0905. The number of hydrogen-bond donors (Lipinski definition) is 0. The Bertz CT molecular complexity index is 1110. The molecule has 2 aromatic rings. The summed E-state index contributed by atoms with van der Waals surface area (Å²) in [5, 5.41) is 0. The van der Waals surface area contributed by atoms with E-state index in [0.29, 0.717) is 5.56 Å². The zero-order valence-electron chi connectivity index (χ0n) is 18.9. The second-order valence-electron chi connectivity index (χ2n) is 8.89. The van der Waals surface area contributed by atoms with E-state index < -0.39 is 47.6 Å². The van der Waals surface area contributed by atoms with E-state index in [1.165, 1.54) is 29.2 Å². The summed E-state index contributed by atoms with van der Waals surface area (Å²) in [4.78, 5) is 28.7. The highest BCUT2D eigenvalue weighted by atomic mass is 19.4. The van der Waals surface area contributed by atoms with Gasteiger partial charge in [0.05, 0.1) is 23.5 Å². The summed E-state index contributed by atoms with van der Waals surface area (Å²) in [5.41, 5.74) is -0.846. The van der Waals surface area contributed by atoms with Crippen molar-refractivity contribution in [1.29, 1.82) is 0 Å². The number of carbonyl (C=O) groups excluding carboxylic acids is 2. The highest BCUT2D eigenvalue weighted by Crippen LogP contribution is 2.30. The van der Waals surface area contributed by atoms with Crippen LogP contribution in [0, 0.1) is 18.2 Å². The number of amides is 2. The molecule has 0 spiro atoms. The standard InChI is InChI=1S/C25H24F4N2O3/c1-5-16-8-11-20(19(26)12-16)31-14-22(32)30(21(23(31)33)15-34-24(2,3)4)13-17-6-9-18(10-7-17)25(27,28)29/h1,6-12,21H,13-15H2,2-4H3. The lowest BCUT2D eigenvalue weighted by molar-refractivity contribution is -0.148. The molecule has 1 aliphatic heterocycles. The van der Waals surface area contributed by atoms with E-state index in [9.17, 15) is 27.2 Å². The third kappa shape index (κ3) is 5.75. The monoisotopic (exact) mass is 476 g/mol. The number of piperazine rings is 1. The Kier molecular flexibility index (Phi) is 7.03. The maximum Gasteiger partial charge on any atom is 0.416 e. The quantitative estimate of drug-likeness (QED) is 0.475. The first kappa shape index (κ1) is 25.2. The minimum Gasteiger partial charge on any atom is -0.373 e. The van der Waals surface area contributed by atoms with Crippen molar-refractivity contribution in [2.24, 2.45) is 0 Å². The molecule has 5 nitrogen and oxygen atoms in total. The van der Waals surface area contributed by atoms with Crippen LogP contribution >= 0.6 is 0 Å². The number of nitrogens with zero attached hydrogens (tertiary/aromatic N) is 2. The van der Waals surface area contributed by atoms with Crippen LogP contribution in [0.5, 0.6) is 0 Å². The number of anilines is 1. The van der Waals surface area contributed by atoms with Crippen LogP contribution in [0.25, 0.3) is 0 Å². The third-order valence-corrected chi connectivity index (χ3v) is 5.25. The van der Waals surface area contributed by atoms with E-state index in [2.05, 4.69) is 5.92 Å². The molecule has 1 unspecified atom stereocenters. The van der Waals surface area contributed by atoms with Crippen molar-refractivity contribution in [2.45, 2.75) is 45.1 Å². The number of hydrogen-bond acceptors (Lipinski definition) is 3. The Morgan fingerprint density at radius 2 is 1.74 bits per heavy atom. The fraction of sp³-hybridized carbons (Fsp3) is 0.360. The lowest BCUT2D eigenvalue weighted by atomic mass is 10.1. The number of benzene rings is 2. The molecule has 1 aliphatic rings. The van der Waals surface area contributed by atoms with E-state index in [1.807, 2.05) is 0 Å². The molecular weight excluding hydrogens is 452 g/mol. The van der Waals surface area contributed by atoms with Gasteiger partial charge in [0, 0.05) is 12.1 Å². The van der Waals surface area contributed by atoms with Crippen LogP contribution in [-0.4, -0.2) is 41.5 Å². The van der Waals surface area contributed by atoms with Crippen molar-refractivity contribution in [3.63, 3.8) is 0 Å². The molecule has 1 atom stereocenters. The van der Waals surface area contributed by atoms with Crippen LogP contribution < -0.4 is 4.90 Å². The van der Waals surface area contributed by atoms with Crippen molar-refractivity contribution in [1.82, 2.24) is 4.90 Å². The van der Waals surface area contributed by atoms with Gasteiger partial charge in [0.1, 0.15) is 18.4 Å². The van der Waals surface area contributed by atoms with Crippen LogP contribution in [0.15, 0.2) is 42.5 Å². The van der Waals surface area contributed by atoms with Gasteiger partial charge in [-0.2, -0.15) is 13.2 Å². The molecule has 180 valence electrons. The second-order valence-corrected chi connectivity index (χ2v) is 8.89. The lowest BCUT2D eigenvalue weighted by Crippen LogP contribution is -2.61. The van der Waals surface area contributed by atoms with Crippen LogP contribution in [0.1, 0.15) is 37.5 Å². The summed E-state index contributed by atoms with van der Waals surface area (Å²) >= 11 is 0. The number of terminal acetylenes is 1. The molecule has 0 saturated carbocycles. The molecule has 1 saturated heterocycles. The second kappa shape index (κ2) is 9.47. The predicted molar refractivity (Wildman–Crippen MR) is 118 cm³/mol. The maximum atomic E-state index is 14.7. The van der Waals surface area contributed by atoms with Gasteiger partial charge in [-0.25, -0.2) is 4.39 Å². The lowest BCUT2D eigenvalue weighted by Gasteiger charge is -2.41. The van der Waals surface area contributed by atoms with Crippen LogP contribution in [0.2, 0.25) is 0 Å². The van der Waals surface area contributed by atoms with Crippen LogP contribution in [0.4, 0.5) is 23.2 Å². The summed E-state index contributed by atoms with van der Waals surface area (Å²) in [6, 6.07) is 7.15. The van der Waals surface area contributed by atoms with E-state index in [-0.39, 0.29) is 24.4 Å². The zero-order chi connectivity index (χ0) is 25.3. The van der Waals surface area contributed by atoms with Crippen LogP contribution in [-0.2, 0) is 27.0 Å². The van der Waals surface area contributed by atoms with Gasteiger partial charge < -0.3 is 9.64 Å². The van der Waals surface area contributed by atoms with Crippen molar-refractivity contribution < 1.29 is 31.9 Å². The van der Waals surface area contributed by atoms with Gasteiger partial charge >= 0.3 is 6.18 Å². The summed E-state index contributed by atoms with van der Waals surface area (Å²) in [5.74, 6) is 0.491. The highest BCUT2D eigenvalue weighted by molar-refractivity contribution is 6.06. The fourth-order valence-electron chi connectivity index (χ4n) is 3.49. The highest BCUT2D eigenvalue weighted by Gasteiger charge is 2.41. The summed E-state index contributed by atoms with van der Waals surface area (Å²) in [7, 11) is 0. The first-order valence-electron chi connectivity index (χ1n) is 10.5. The summed E-state index contributed by atoms with van der Waals surface area (Å²) < 4.78 is 59.1. The van der Waals surface area contributed by atoms with Gasteiger partial charge in [-0.3, -0.25) is 14.5 Å². The average Bonchev–Trinajstić information content (AvgIpc) is 2.75.